The van der Waals surface area contributed by atoms with Crippen LogP contribution in [0.1, 0.15) is 38.3 Å². The first kappa shape index (κ1) is 15.5. The molecule has 0 radical (unpaired) electrons. The Balaban J connectivity index is 2.42. The molecule has 0 aliphatic carbocycles. The van der Waals surface area contributed by atoms with Crippen LogP contribution in [0.2, 0.25) is 0 Å². The first-order valence-corrected chi connectivity index (χ1v) is 6.82. The van der Waals surface area contributed by atoms with Crippen LogP contribution >= 0.6 is 0 Å². The predicted octanol–water partition coefficient (Wildman–Crippen LogP) is 2.26. The van der Waals surface area contributed by atoms with Crippen LogP contribution < -0.4 is 15.4 Å². The van der Waals surface area contributed by atoms with Gasteiger partial charge >= 0.3 is 0 Å². The average molecular weight is 264 g/mol. The van der Waals surface area contributed by atoms with Crippen molar-refractivity contribution in [3.05, 3.63) is 29.8 Å². The molecule has 0 spiro atoms. The van der Waals surface area contributed by atoms with Gasteiger partial charge in [0.15, 0.2) is 0 Å². The molecule has 1 amide bonds. The van der Waals surface area contributed by atoms with Gasteiger partial charge in [0.2, 0.25) is 5.91 Å². The smallest absolute Gasteiger partial charge is 0.233 e. The zero-order chi connectivity index (χ0) is 14.1. The molecule has 106 valence electrons. The summed E-state index contributed by atoms with van der Waals surface area (Å²) in [5.41, 5.74) is 1.06. The van der Waals surface area contributed by atoms with Gasteiger partial charge in [-0.15, -0.1) is 0 Å². The molecule has 0 heterocycles. The molecule has 1 aromatic rings. The molecule has 0 saturated heterocycles. The fourth-order valence-corrected chi connectivity index (χ4v) is 1.85. The normalized spacial score (nSPS) is 11.9. The number of methoxy groups -OCH3 is 1. The molecule has 0 unspecified atom stereocenters. The Labute approximate surface area is 115 Å². The van der Waals surface area contributed by atoms with Crippen LogP contribution in [0.3, 0.4) is 0 Å². The molecule has 0 bridgehead atoms. The highest BCUT2D eigenvalue weighted by molar-refractivity contribution is 5.78. The Hall–Kier alpha value is -1.55. The molecule has 0 aliphatic heterocycles. The first-order valence-electron chi connectivity index (χ1n) is 6.82. The van der Waals surface area contributed by atoms with E-state index in [4.69, 9.17) is 4.74 Å². The van der Waals surface area contributed by atoms with Gasteiger partial charge in [-0.3, -0.25) is 4.79 Å². The fourth-order valence-electron chi connectivity index (χ4n) is 1.85. The lowest BCUT2D eigenvalue weighted by Crippen LogP contribution is -2.35. The Kier molecular flexibility index (Phi) is 6.97. The van der Waals surface area contributed by atoms with Gasteiger partial charge in [0.25, 0.3) is 0 Å². The van der Waals surface area contributed by atoms with Gasteiger partial charge in [-0.05, 0) is 19.4 Å². The van der Waals surface area contributed by atoms with Crippen molar-refractivity contribution >= 4 is 5.91 Å². The van der Waals surface area contributed by atoms with Gasteiger partial charge in [-0.2, -0.15) is 0 Å². The third-order valence-electron chi connectivity index (χ3n) is 3.03. The van der Waals surface area contributed by atoms with Crippen molar-refractivity contribution in [3.63, 3.8) is 0 Å². The van der Waals surface area contributed by atoms with Crippen molar-refractivity contribution in [2.45, 2.75) is 32.7 Å². The van der Waals surface area contributed by atoms with Crippen LogP contribution in [-0.4, -0.2) is 26.1 Å². The third-order valence-corrected chi connectivity index (χ3v) is 3.03. The lowest BCUT2D eigenvalue weighted by molar-refractivity contribution is -0.120. The number of hydrogen-bond acceptors (Lipinski definition) is 3. The highest BCUT2D eigenvalue weighted by atomic mass is 16.5. The molecule has 0 aliphatic rings. The predicted molar refractivity (Wildman–Crippen MR) is 77.3 cm³/mol. The monoisotopic (exact) mass is 264 g/mol. The number of rotatable bonds is 8. The maximum absolute atomic E-state index is 11.6. The summed E-state index contributed by atoms with van der Waals surface area (Å²) in [7, 11) is 1.66. The summed E-state index contributed by atoms with van der Waals surface area (Å²) >= 11 is 0. The van der Waals surface area contributed by atoms with Gasteiger partial charge < -0.3 is 15.4 Å². The van der Waals surface area contributed by atoms with Crippen LogP contribution in [0, 0.1) is 0 Å². The van der Waals surface area contributed by atoms with Crippen molar-refractivity contribution in [1.82, 2.24) is 10.6 Å². The second kappa shape index (κ2) is 8.53. The van der Waals surface area contributed by atoms with Crippen molar-refractivity contribution in [1.29, 1.82) is 0 Å². The van der Waals surface area contributed by atoms with Gasteiger partial charge in [0.05, 0.1) is 13.7 Å². The summed E-state index contributed by atoms with van der Waals surface area (Å²) in [5, 5.41) is 6.09. The number of unbranched alkanes of at least 4 members (excludes halogenated alkanes) is 1. The maximum Gasteiger partial charge on any atom is 0.233 e. The number of ether oxygens (including phenoxy) is 1. The van der Waals surface area contributed by atoms with E-state index < -0.39 is 0 Å². The SMILES string of the molecule is CCCCNC(=O)CN[C@H](C)c1ccccc1OC. The second-order valence-electron chi connectivity index (χ2n) is 4.55. The number of benzene rings is 1. The largest absolute Gasteiger partial charge is 0.496 e. The lowest BCUT2D eigenvalue weighted by atomic mass is 10.1. The van der Waals surface area contributed by atoms with E-state index in [0.29, 0.717) is 6.54 Å². The summed E-state index contributed by atoms with van der Waals surface area (Å²) in [4.78, 5) is 11.6. The first-order chi connectivity index (χ1) is 9.19. The van der Waals surface area contributed by atoms with E-state index in [-0.39, 0.29) is 11.9 Å². The average Bonchev–Trinajstić information content (AvgIpc) is 2.45. The minimum atomic E-state index is 0.0372. The Morgan fingerprint density at radius 2 is 2.11 bits per heavy atom. The van der Waals surface area contributed by atoms with E-state index >= 15 is 0 Å². The fraction of sp³-hybridized carbons (Fsp3) is 0.533. The number of carbonyl (C=O) groups is 1. The van der Waals surface area contributed by atoms with Gasteiger partial charge in [-0.25, -0.2) is 0 Å². The summed E-state index contributed by atoms with van der Waals surface area (Å²) in [6, 6.07) is 7.91. The standard InChI is InChI=1S/C15H24N2O2/c1-4-5-10-16-15(18)11-17-12(2)13-8-6-7-9-14(13)19-3/h6-9,12,17H,4-5,10-11H2,1-3H3,(H,16,18)/t12-/m1/s1. The third kappa shape index (κ3) is 5.30. The molecular formula is C15H24N2O2. The molecule has 1 atom stereocenters. The van der Waals surface area contributed by atoms with Crippen molar-refractivity contribution in [3.8, 4) is 5.75 Å². The molecular weight excluding hydrogens is 240 g/mol. The van der Waals surface area contributed by atoms with E-state index in [1.165, 1.54) is 0 Å². The molecule has 0 saturated carbocycles. The van der Waals surface area contributed by atoms with E-state index in [2.05, 4.69) is 17.6 Å². The molecule has 4 heteroatoms. The van der Waals surface area contributed by atoms with Crippen LogP contribution in [0.5, 0.6) is 5.75 Å². The Bertz CT molecular complexity index is 393. The topological polar surface area (TPSA) is 50.4 Å². The van der Waals surface area contributed by atoms with Gasteiger partial charge in [0.1, 0.15) is 5.75 Å². The Morgan fingerprint density at radius 3 is 2.79 bits per heavy atom. The number of nitrogens with one attached hydrogen (secondary N) is 2. The molecule has 4 nitrogen and oxygen atoms in total. The number of para-hydroxylation sites is 1. The Morgan fingerprint density at radius 1 is 1.37 bits per heavy atom. The molecule has 0 fully saturated rings. The van der Waals surface area contributed by atoms with Crippen LogP contribution in [0.25, 0.3) is 0 Å². The van der Waals surface area contributed by atoms with E-state index in [1.54, 1.807) is 7.11 Å². The number of hydrogen-bond donors (Lipinski definition) is 2. The molecule has 19 heavy (non-hydrogen) atoms. The molecule has 2 N–H and O–H groups in total. The number of carbonyl (C=O) groups excluding carboxylic acids is 1. The molecule has 1 aromatic carbocycles. The van der Waals surface area contributed by atoms with E-state index in [0.717, 1.165) is 30.7 Å². The quantitative estimate of drug-likeness (QED) is 0.708. The lowest BCUT2D eigenvalue weighted by Gasteiger charge is -2.17. The van der Waals surface area contributed by atoms with Crippen LogP contribution in [0.15, 0.2) is 24.3 Å². The summed E-state index contributed by atoms with van der Waals surface area (Å²) in [6.45, 7) is 5.20. The maximum atomic E-state index is 11.6. The van der Waals surface area contributed by atoms with Crippen molar-refractivity contribution in [2.75, 3.05) is 20.2 Å². The highest BCUT2D eigenvalue weighted by Gasteiger charge is 2.11. The summed E-state index contributed by atoms with van der Waals surface area (Å²) in [6.07, 6.45) is 2.11. The van der Waals surface area contributed by atoms with E-state index in [1.807, 2.05) is 31.2 Å². The second-order valence-corrected chi connectivity index (χ2v) is 4.55. The van der Waals surface area contributed by atoms with E-state index in [9.17, 15) is 4.79 Å². The minimum Gasteiger partial charge on any atom is -0.496 e. The highest BCUT2D eigenvalue weighted by Crippen LogP contribution is 2.23. The summed E-state index contributed by atoms with van der Waals surface area (Å²) < 4.78 is 5.31. The molecule has 0 aromatic heterocycles. The number of amides is 1. The van der Waals surface area contributed by atoms with Crippen molar-refractivity contribution < 1.29 is 9.53 Å². The zero-order valence-electron chi connectivity index (χ0n) is 12.0. The van der Waals surface area contributed by atoms with Crippen LogP contribution in [-0.2, 0) is 4.79 Å². The van der Waals surface area contributed by atoms with Crippen LogP contribution in [0.4, 0.5) is 0 Å². The summed E-state index contributed by atoms with van der Waals surface area (Å²) in [5.74, 6) is 0.879. The van der Waals surface area contributed by atoms with Gasteiger partial charge in [0, 0.05) is 18.2 Å². The van der Waals surface area contributed by atoms with Crippen molar-refractivity contribution in [2.24, 2.45) is 0 Å². The van der Waals surface area contributed by atoms with Gasteiger partial charge in [-0.1, -0.05) is 31.5 Å². The minimum absolute atomic E-state index is 0.0372. The zero-order valence-corrected chi connectivity index (χ0v) is 12.0. The molecule has 1 rings (SSSR count).